The Bertz CT molecular complexity index is 827. The molecule has 1 aromatic heterocycles. The van der Waals surface area contributed by atoms with Crippen LogP contribution >= 0.6 is 0 Å². The molecule has 1 aliphatic rings. The molecule has 0 bridgehead atoms. The summed E-state index contributed by atoms with van der Waals surface area (Å²) in [6.07, 6.45) is -9.11. The molecular weight excluding hydrogens is 378 g/mol. The monoisotopic (exact) mass is 390 g/mol. The van der Waals surface area contributed by atoms with Crippen molar-refractivity contribution in [2.75, 3.05) is 13.1 Å². The van der Waals surface area contributed by atoms with E-state index in [0.29, 0.717) is 6.20 Å². The normalized spacial score (nSPS) is 15.4. The van der Waals surface area contributed by atoms with Crippen LogP contribution in [0.4, 0.5) is 26.3 Å². The van der Waals surface area contributed by atoms with Crippen molar-refractivity contribution < 1.29 is 35.9 Å². The summed E-state index contributed by atoms with van der Waals surface area (Å²) in [4.78, 5) is 17.0. The SMILES string of the molecule is O=C(c1ccccc1C(F)(F)F)N1CC(Oc2ccc(C(F)(F)F)cn2)C1. The number of hydrogen-bond acceptors (Lipinski definition) is 3. The van der Waals surface area contributed by atoms with Crippen LogP contribution in [-0.2, 0) is 12.4 Å². The fourth-order valence-corrected chi connectivity index (χ4v) is 2.55. The molecule has 0 atom stereocenters. The number of ether oxygens (including phenoxy) is 1. The van der Waals surface area contributed by atoms with E-state index < -0.39 is 41.1 Å². The van der Waals surface area contributed by atoms with E-state index in [0.717, 1.165) is 24.3 Å². The van der Waals surface area contributed by atoms with E-state index in [4.69, 9.17) is 4.74 Å². The van der Waals surface area contributed by atoms with Crippen LogP contribution < -0.4 is 4.74 Å². The molecule has 27 heavy (non-hydrogen) atoms. The third-order valence-electron chi connectivity index (χ3n) is 3.95. The van der Waals surface area contributed by atoms with Gasteiger partial charge in [0.1, 0.15) is 6.10 Å². The Labute approximate surface area is 149 Å². The smallest absolute Gasteiger partial charge is 0.417 e. The second kappa shape index (κ2) is 6.75. The van der Waals surface area contributed by atoms with Gasteiger partial charge in [0.05, 0.1) is 29.8 Å². The van der Waals surface area contributed by atoms with E-state index in [9.17, 15) is 31.1 Å². The number of benzene rings is 1. The van der Waals surface area contributed by atoms with Crippen molar-refractivity contribution in [1.82, 2.24) is 9.88 Å². The lowest BCUT2D eigenvalue weighted by Gasteiger charge is -2.39. The zero-order valence-corrected chi connectivity index (χ0v) is 13.5. The molecule has 0 N–H and O–H groups in total. The van der Waals surface area contributed by atoms with Crippen molar-refractivity contribution in [3.8, 4) is 5.88 Å². The second-order valence-electron chi connectivity index (χ2n) is 5.88. The number of rotatable bonds is 3. The fraction of sp³-hybridized carbons (Fsp3) is 0.294. The summed E-state index contributed by atoms with van der Waals surface area (Å²) in [6.45, 7) is 0.0153. The van der Waals surface area contributed by atoms with Crippen molar-refractivity contribution in [3.63, 3.8) is 0 Å². The van der Waals surface area contributed by atoms with Crippen molar-refractivity contribution in [1.29, 1.82) is 0 Å². The van der Waals surface area contributed by atoms with Crippen LogP contribution in [0.25, 0.3) is 0 Å². The van der Waals surface area contributed by atoms with Crippen LogP contribution in [0.5, 0.6) is 5.88 Å². The minimum atomic E-state index is -4.66. The largest absolute Gasteiger partial charge is 0.471 e. The van der Waals surface area contributed by atoms with Gasteiger partial charge in [0.25, 0.3) is 5.91 Å². The average Bonchev–Trinajstić information content (AvgIpc) is 2.56. The van der Waals surface area contributed by atoms with E-state index in [1.807, 2.05) is 0 Å². The van der Waals surface area contributed by atoms with Crippen molar-refractivity contribution >= 4 is 5.91 Å². The maximum Gasteiger partial charge on any atom is 0.417 e. The number of carbonyl (C=O) groups excluding carboxylic acids is 1. The van der Waals surface area contributed by atoms with E-state index in [1.165, 1.54) is 17.0 Å². The van der Waals surface area contributed by atoms with Gasteiger partial charge in [-0.1, -0.05) is 12.1 Å². The van der Waals surface area contributed by atoms with Gasteiger partial charge in [0.2, 0.25) is 5.88 Å². The molecule has 0 unspecified atom stereocenters. The zero-order chi connectivity index (χ0) is 19.8. The number of likely N-dealkylation sites (tertiary alicyclic amines) is 1. The van der Waals surface area contributed by atoms with E-state index in [2.05, 4.69) is 4.98 Å². The molecule has 0 saturated carbocycles. The number of hydrogen-bond donors (Lipinski definition) is 0. The first kappa shape index (κ1) is 19.0. The third kappa shape index (κ3) is 4.15. The highest BCUT2D eigenvalue weighted by Gasteiger charge is 2.39. The Hall–Kier alpha value is -2.78. The fourth-order valence-electron chi connectivity index (χ4n) is 2.55. The summed E-state index contributed by atoms with van der Waals surface area (Å²) in [5.41, 5.74) is -2.41. The Balaban J connectivity index is 1.61. The Morgan fingerprint density at radius 1 is 1.00 bits per heavy atom. The predicted octanol–water partition coefficient (Wildman–Crippen LogP) is 4.02. The van der Waals surface area contributed by atoms with Gasteiger partial charge in [-0.05, 0) is 18.2 Å². The number of nitrogens with zero attached hydrogens (tertiary/aromatic N) is 2. The topological polar surface area (TPSA) is 42.4 Å². The summed E-state index contributed by atoms with van der Waals surface area (Å²) in [5, 5.41) is 0. The number of alkyl halides is 6. The van der Waals surface area contributed by atoms with Gasteiger partial charge in [0.15, 0.2) is 0 Å². The highest BCUT2D eigenvalue weighted by atomic mass is 19.4. The van der Waals surface area contributed by atoms with Gasteiger partial charge in [-0.2, -0.15) is 26.3 Å². The molecular formula is C17H12F6N2O2. The maximum atomic E-state index is 13.0. The zero-order valence-electron chi connectivity index (χ0n) is 13.5. The molecule has 0 spiro atoms. The number of carbonyl (C=O) groups is 1. The highest BCUT2D eigenvalue weighted by molar-refractivity contribution is 5.96. The molecule has 2 aromatic rings. The summed E-state index contributed by atoms with van der Waals surface area (Å²) in [7, 11) is 0. The Morgan fingerprint density at radius 2 is 1.67 bits per heavy atom. The number of amides is 1. The minimum Gasteiger partial charge on any atom is -0.471 e. The molecule has 2 heterocycles. The van der Waals surface area contributed by atoms with E-state index in [-0.39, 0.29) is 19.0 Å². The lowest BCUT2D eigenvalue weighted by molar-refractivity contribution is -0.138. The van der Waals surface area contributed by atoms with Gasteiger partial charge < -0.3 is 9.64 Å². The van der Waals surface area contributed by atoms with Gasteiger partial charge in [-0.15, -0.1) is 0 Å². The van der Waals surface area contributed by atoms with Crippen LogP contribution in [0.3, 0.4) is 0 Å². The summed E-state index contributed by atoms with van der Waals surface area (Å²) < 4.78 is 81.7. The van der Waals surface area contributed by atoms with Gasteiger partial charge in [-0.25, -0.2) is 4.98 Å². The van der Waals surface area contributed by atoms with Gasteiger partial charge >= 0.3 is 12.4 Å². The van der Waals surface area contributed by atoms with Gasteiger partial charge in [0, 0.05) is 12.3 Å². The highest BCUT2D eigenvalue weighted by Crippen LogP contribution is 2.33. The molecule has 1 amide bonds. The van der Waals surface area contributed by atoms with E-state index >= 15 is 0 Å². The average molecular weight is 390 g/mol. The van der Waals surface area contributed by atoms with Crippen LogP contribution in [0.15, 0.2) is 42.6 Å². The summed E-state index contributed by atoms with van der Waals surface area (Å²) >= 11 is 0. The summed E-state index contributed by atoms with van der Waals surface area (Å²) in [5.74, 6) is -0.848. The molecule has 1 saturated heterocycles. The number of halogens is 6. The lowest BCUT2D eigenvalue weighted by Crippen LogP contribution is -2.56. The van der Waals surface area contributed by atoms with Crippen LogP contribution in [0, 0.1) is 0 Å². The van der Waals surface area contributed by atoms with Crippen LogP contribution in [0.2, 0.25) is 0 Å². The Kier molecular flexibility index (Phi) is 4.75. The number of aromatic nitrogens is 1. The molecule has 1 fully saturated rings. The summed E-state index contributed by atoms with van der Waals surface area (Å²) in [6, 6.07) is 6.31. The van der Waals surface area contributed by atoms with Crippen LogP contribution in [0.1, 0.15) is 21.5 Å². The quantitative estimate of drug-likeness (QED) is 0.744. The van der Waals surface area contributed by atoms with E-state index in [1.54, 1.807) is 0 Å². The molecule has 144 valence electrons. The first-order chi connectivity index (χ1) is 12.6. The van der Waals surface area contributed by atoms with Gasteiger partial charge in [-0.3, -0.25) is 4.79 Å². The first-order valence-corrected chi connectivity index (χ1v) is 7.71. The molecule has 4 nitrogen and oxygen atoms in total. The molecule has 0 radical (unpaired) electrons. The first-order valence-electron chi connectivity index (χ1n) is 7.71. The van der Waals surface area contributed by atoms with Crippen molar-refractivity contribution in [2.24, 2.45) is 0 Å². The molecule has 1 aliphatic heterocycles. The van der Waals surface area contributed by atoms with Crippen LogP contribution in [-0.4, -0.2) is 35.0 Å². The van der Waals surface area contributed by atoms with Crippen molar-refractivity contribution in [3.05, 3.63) is 59.3 Å². The molecule has 0 aliphatic carbocycles. The molecule has 10 heteroatoms. The lowest BCUT2D eigenvalue weighted by atomic mass is 10.0. The molecule has 3 rings (SSSR count). The Morgan fingerprint density at radius 3 is 2.22 bits per heavy atom. The van der Waals surface area contributed by atoms with Crippen molar-refractivity contribution in [2.45, 2.75) is 18.5 Å². The maximum absolute atomic E-state index is 13.0. The minimum absolute atomic E-state index is 0.00767. The predicted molar refractivity (Wildman–Crippen MR) is 81.0 cm³/mol. The second-order valence-corrected chi connectivity index (χ2v) is 5.88. The molecule has 1 aromatic carbocycles. The third-order valence-corrected chi connectivity index (χ3v) is 3.95. The number of pyridine rings is 1. The standard InChI is InChI=1S/C17H12F6N2O2/c18-16(19,20)10-5-6-14(24-7-10)27-11-8-25(9-11)15(26)12-3-1-2-4-13(12)17(21,22)23/h1-7,11H,8-9H2.